The second-order valence-corrected chi connectivity index (χ2v) is 5.68. The molecule has 0 bridgehead atoms. The molecular formula is C15H22N8O. The number of nitrogens with zero attached hydrogens (tertiary/aromatic N) is 7. The topological polar surface area (TPSA) is 92.1 Å². The van der Waals surface area contributed by atoms with Crippen molar-refractivity contribution in [2.24, 2.45) is 0 Å². The van der Waals surface area contributed by atoms with Crippen LogP contribution in [0.4, 0.5) is 11.8 Å². The van der Waals surface area contributed by atoms with Gasteiger partial charge < -0.3 is 15.1 Å². The van der Waals surface area contributed by atoms with Crippen molar-refractivity contribution < 1.29 is 4.79 Å². The van der Waals surface area contributed by atoms with E-state index in [2.05, 4.69) is 30.3 Å². The lowest BCUT2D eigenvalue weighted by molar-refractivity contribution is -0.132. The average molecular weight is 330 g/mol. The summed E-state index contributed by atoms with van der Waals surface area (Å²) in [6.07, 6.45) is 2.99. The maximum Gasteiger partial charge on any atom is 0.244 e. The first-order valence-corrected chi connectivity index (χ1v) is 8.10. The Kier molecular flexibility index (Phi) is 4.88. The number of nitrogens with one attached hydrogen (secondary N) is 1. The van der Waals surface area contributed by atoms with Crippen molar-refractivity contribution in [1.82, 2.24) is 29.6 Å². The molecule has 0 spiro atoms. The fraction of sp³-hybridized carbons (Fsp3) is 0.533. The Bertz CT molecular complexity index is 679. The van der Waals surface area contributed by atoms with Gasteiger partial charge in [0.05, 0.1) is 0 Å². The van der Waals surface area contributed by atoms with Crippen LogP contribution in [0.3, 0.4) is 0 Å². The van der Waals surface area contributed by atoms with Crippen LogP contribution in [0.1, 0.15) is 12.6 Å². The number of carbonyl (C=O) groups is 1. The summed E-state index contributed by atoms with van der Waals surface area (Å²) in [5.74, 6) is 1.62. The third-order valence-corrected chi connectivity index (χ3v) is 3.90. The number of anilines is 2. The Morgan fingerprint density at radius 1 is 1.25 bits per heavy atom. The van der Waals surface area contributed by atoms with Gasteiger partial charge in [0, 0.05) is 44.5 Å². The summed E-state index contributed by atoms with van der Waals surface area (Å²) in [4.78, 5) is 29.1. The molecule has 3 heterocycles. The monoisotopic (exact) mass is 330 g/mol. The minimum atomic E-state index is 0.0624. The smallest absolute Gasteiger partial charge is 0.244 e. The molecule has 1 saturated heterocycles. The van der Waals surface area contributed by atoms with Crippen LogP contribution in [0.5, 0.6) is 0 Å². The second kappa shape index (κ2) is 7.24. The van der Waals surface area contributed by atoms with Gasteiger partial charge in [0.1, 0.15) is 25.0 Å². The van der Waals surface area contributed by atoms with Crippen LogP contribution in [0.25, 0.3) is 0 Å². The Hall–Kier alpha value is -2.71. The average Bonchev–Trinajstić information content (AvgIpc) is 3.08. The van der Waals surface area contributed by atoms with E-state index in [4.69, 9.17) is 0 Å². The lowest BCUT2D eigenvalue weighted by Gasteiger charge is -2.35. The predicted octanol–water partition coefficient (Wildman–Crippen LogP) is 0.157. The largest absolute Gasteiger partial charge is 0.354 e. The highest BCUT2D eigenvalue weighted by atomic mass is 16.2. The summed E-state index contributed by atoms with van der Waals surface area (Å²) in [6, 6.07) is 1.98. The molecule has 2 aromatic rings. The van der Waals surface area contributed by atoms with Crippen LogP contribution >= 0.6 is 0 Å². The van der Waals surface area contributed by atoms with Crippen molar-refractivity contribution in [2.45, 2.75) is 20.4 Å². The fourth-order valence-corrected chi connectivity index (χ4v) is 2.69. The van der Waals surface area contributed by atoms with Gasteiger partial charge in [0.25, 0.3) is 0 Å². The van der Waals surface area contributed by atoms with E-state index in [9.17, 15) is 4.79 Å². The van der Waals surface area contributed by atoms with Crippen molar-refractivity contribution in [3.63, 3.8) is 0 Å². The number of amides is 1. The van der Waals surface area contributed by atoms with Gasteiger partial charge in [-0.15, -0.1) is 0 Å². The van der Waals surface area contributed by atoms with Gasteiger partial charge in [-0.05, 0) is 13.8 Å². The third kappa shape index (κ3) is 3.79. The van der Waals surface area contributed by atoms with E-state index in [1.54, 1.807) is 11.0 Å². The minimum absolute atomic E-state index is 0.0624. The second-order valence-electron chi connectivity index (χ2n) is 5.68. The molecule has 2 aromatic heterocycles. The van der Waals surface area contributed by atoms with Crippen LogP contribution in [0.15, 0.2) is 18.7 Å². The summed E-state index contributed by atoms with van der Waals surface area (Å²) in [5.41, 5.74) is 0.931. The number of hydrogen-bond donors (Lipinski definition) is 1. The molecule has 1 fully saturated rings. The number of aromatic nitrogens is 5. The predicted molar refractivity (Wildman–Crippen MR) is 89.7 cm³/mol. The zero-order chi connectivity index (χ0) is 16.9. The molecule has 3 rings (SSSR count). The lowest BCUT2D eigenvalue weighted by Crippen LogP contribution is -2.50. The van der Waals surface area contributed by atoms with Gasteiger partial charge in [-0.1, -0.05) is 0 Å². The molecule has 0 atom stereocenters. The summed E-state index contributed by atoms with van der Waals surface area (Å²) in [5, 5.41) is 7.12. The standard InChI is InChI=1S/C15H22N8O/c1-3-17-15-19-12(2)8-13(20-15)21-4-6-22(7-5-21)14(24)9-23-11-16-10-18-23/h8,10-11H,3-7,9H2,1-2H3,(H,17,19,20). The number of hydrogen-bond acceptors (Lipinski definition) is 7. The number of aryl methyl sites for hydroxylation is 1. The molecule has 9 nitrogen and oxygen atoms in total. The quantitative estimate of drug-likeness (QED) is 0.834. The van der Waals surface area contributed by atoms with Crippen molar-refractivity contribution in [1.29, 1.82) is 0 Å². The van der Waals surface area contributed by atoms with E-state index in [0.29, 0.717) is 19.0 Å². The molecule has 1 N–H and O–H groups in total. The van der Waals surface area contributed by atoms with Gasteiger partial charge in [0.2, 0.25) is 11.9 Å². The van der Waals surface area contributed by atoms with E-state index >= 15 is 0 Å². The normalized spacial score (nSPS) is 14.8. The maximum atomic E-state index is 12.3. The molecule has 1 amide bonds. The Labute approximate surface area is 140 Å². The Morgan fingerprint density at radius 3 is 2.71 bits per heavy atom. The van der Waals surface area contributed by atoms with Crippen LogP contribution in [0, 0.1) is 6.92 Å². The first-order chi connectivity index (χ1) is 11.7. The molecule has 1 aliphatic rings. The molecule has 0 saturated carbocycles. The van der Waals surface area contributed by atoms with Gasteiger partial charge >= 0.3 is 0 Å². The summed E-state index contributed by atoms with van der Waals surface area (Å²) >= 11 is 0. The van der Waals surface area contributed by atoms with E-state index in [1.165, 1.54) is 6.33 Å². The molecular weight excluding hydrogens is 308 g/mol. The molecule has 0 aliphatic carbocycles. The van der Waals surface area contributed by atoms with Crippen molar-refractivity contribution in [2.75, 3.05) is 42.9 Å². The summed E-state index contributed by atoms with van der Waals surface area (Å²) in [6.45, 7) is 7.86. The first kappa shape index (κ1) is 16.2. The third-order valence-electron chi connectivity index (χ3n) is 3.90. The zero-order valence-corrected chi connectivity index (χ0v) is 14.0. The number of rotatable bonds is 5. The van der Waals surface area contributed by atoms with E-state index in [0.717, 1.165) is 31.1 Å². The Balaban J connectivity index is 1.59. The van der Waals surface area contributed by atoms with E-state index < -0.39 is 0 Å². The minimum Gasteiger partial charge on any atom is -0.354 e. The van der Waals surface area contributed by atoms with Crippen LogP contribution in [-0.2, 0) is 11.3 Å². The zero-order valence-electron chi connectivity index (χ0n) is 14.0. The molecule has 0 unspecified atom stereocenters. The summed E-state index contributed by atoms with van der Waals surface area (Å²) < 4.78 is 1.55. The molecule has 128 valence electrons. The fourth-order valence-electron chi connectivity index (χ4n) is 2.69. The highest BCUT2D eigenvalue weighted by Gasteiger charge is 2.22. The maximum absolute atomic E-state index is 12.3. The lowest BCUT2D eigenvalue weighted by atomic mass is 10.3. The summed E-state index contributed by atoms with van der Waals surface area (Å²) in [7, 11) is 0. The van der Waals surface area contributed by atoms with E-state index in [1.807, 2.05) is 24.8 Å². The number of carbonyl (C=O) groups excluding carboxylic acids is 1. The van der Waals surface area contributed by atoms with Gasteiger partial charge in [-0.2, -0.15) is 10.1 Å². The van der Waals surface area contributed by atoms with Crippen molar-refractivity contribution in [3.8, 4) is 0 Å². The van der Waals surface area contributed by atoms with Crippen LogP contribution in [0.2, 0.25) is 0 Å². The highest BCUT2D eigenvalue weighted by Crippen LogP contribution is 2.17. The van der Waals surface area contributed by atoms with Gasteiger partial charge in [-0.3, -0.25) is 4.79 Å². The number of piperazine rings is 1. The molecule has 0 radical (unpaired) electrons. The SMILES string of the molecule is CCNc1nc(C)cc(N2CCN(C(=O)Cn3cncn3)CC2)n1. The first-order valence-electron chi connectivity index (χ1n) is 8.10. The molecule has 1 aliphatic heterocycles. The van der Waals surface area contributed by atoms with Crippen molar-refractivity contribution >= 4 is 17.7 Å². The van der Waals surface area contributed by atoms with Crippen LogP contribution < -0.4 is 10.2 Å². The Morgan fingerprint density at radius 2 is 2.04 bits per heavy atom. The van der Waals surface area contributed by atoms with Crippen molar-refractivity contribution in [3.05, 3.63) is 24.4 Å². The van der Waals surface area contributed by atoms with Gasteiger partial charge in [0.15, 0.2) is 0 Å². The van der Waals surface area contributed by atoms with E-state index in [-0.39, 0.29) is 12.5 Å². The van der Waals surface area contributed by atoms with Gasteiger partial charge in [-0.25, -0.2) is 14.6 Å². The molecule has 9 heteroatoms. The molecule has 24 heavy (non-hydrogen) atoms. The molecule has 0 aromatic carbocycles. The van der Waals surface area contributed by atoms with Crippen LogP contribution in [-0.4, -0.2) is 68.3 Å². The highest BCUT2D eigenvalue weighted by molar-refractivity contribution is 5.76.